The van der Waals surface area contributed by atoms with Gasteiger partial charge in [-0.05, 0) is 108 Å². The summed E-state index contributed by atoms with van der Waals surface area (Å²) in [6.45, 7) is 20.6. The zero-order chi connectivity index (χ0) is 28.1. The summed E-state index contributed by atoms with van der Waals surface area (Å²) < 4.78 is 10.7. The zero-order valence-electron chi connectivity index (χ0n) is 22.3. The van der Waals surface area contributed by atoms with Crippen LogP contribution in [0, 0.1) is 47.7 Å². The minimum Gasteiger partial charge on any atom is -0.512 e. The molecular weight excluding hydrogens is 647 g/mol. The molecule has 2 fully saturated rings. The van der Waals surface area contributed by atoms with E-state index >= 15 is 0 Å². The van der Waals surface area contributed by atoms with Gasteiger partial charge in [-0.2, -0.15) is 0 Å². The molecular formula is C29H30IN3O4Zn. The zero-order valence-corrected chi connectivity index (χ0v) is 27.4. The Balaban J connectivity index is 0.000000624. The first kappa shape index (κ1) is 35.2. The molecule has 0 heterocycles. The summed E-state index contributed by atoms with van der Waals surface area (Å²) in [6.07, 6.45) is 7.44. The molecule has 2 aliphatic rings. The van der Waals surface area contributed by atoms with Crippen LogP contribution in [0.3, 0.4) is 0 Å². The van der Waals surface area contributed by atoms with Crippen LogP contribution in [-0.2, 0) is 29.0 Å². The second kappa shape index (κ2) is 17.7. The third kappa shape index (κ3) is 8.62. The van der Waals surface area contributed by atoms with Crippen molar-refractivity contribution >= 4 is 40.2 Å². The standard InChI is InChI=1S/C14H15NO2.C13H15IO2.2CN.Zn/c1-9-7-12(10-5-4-6-10)13(15-2)8-11(9)14(16)17-3;1-8-6-11(9-4-3-5-9)12(14)7-10(8)13(15)16-2;2*1-2;/h7-8,10H,4-6H2,1,3H3;6-7,9H,3-5H2,1-2H3;;;/q;;2*-1;+2. The first-order valence-corrected chi connectivity index (χ1v) is 12.8. The van der Waals surface area contributed by atoms with E-state index in [0.717, 1.165) is 29.5 Å². The van der Waals surface area contributed by atoms with E-state index in [9.17, 15) is 9.59 Å². The predicted octanol–water partition coefficient (Wildman–Crippen LogP) is 7.44. The number of esters is 2. The monoisotopic (exact) mass is 675 g/mol. The Morgan fingerprint density at radius 1 is 0.816 bits per heavy atom. The first-order chi connectivity index (χ1) is 17.8. The normalized spacial score (nSPS) is 13.4. The van der Waals surface area contributed by atoms with Gasteiger partial charge in [-0.15, -0.1) is 0 Å². The number of methoxy groups -OCH3 is 2. The average molecular weight is 677 g/mol. The van der Waals surface area contributed by atoms with Gasteiger partial charge in [-0.1, -0.05) is 25.0 Å². The smallest absolute Gasteiger partial charge is 0.512 e. The molecule has 38 heavy (non-hydrogen) atoms. The summed E-state index contributed by atoms with van der Waals surface area (Å²) in [5, 5.41) is 12.5. The minimum atomic E-state index is -0.368. The van der Waals surface area contributed by atoms with Crippen molar-refractivity contribution < 1.29 is 38.5 Å². The molecule has 0 unspecified atom stereocenters. The summed E-state index contributed by atoms with van der Waals surface area (Å²) in [5.74, 6) is 0.602. The number of aryl methyl sites for hydroxylation is 2. The third-order valence-electron chi connectivity index (χ3n) is 6.74. The van der Waals surface area contributed by atoms with Gasteiger partial charge in [0.15, 0.2) is 5.69 Å². The summed E-state index contributed by atoms with van der Waals surface area (Å²) in [7, 11) is 2.79. The Kier molecular flexibility index (Phi) is 16.4. The van der Waals surface area contributed by atoms with Gasteiger partial charge in [0.05, 0.1) is 31.9 Å². The second-order valence-electron chi connectivity index (χ2n) is 8.77. The topological polar surface area (TPSA) is 105 Å². The Labute approximate surface area is 252 Å². The van der Waals surface area contributed by atoms with E-state index in [1.807, 2.05) is 26.0 Å². The molecule has 9 heteroatoms. The molecule has 0 aliphatic heterocycles. The van der Waals surface area contributed by atoms with Gasteiger partial charge in [0.1, 0.15) is 0 Å². The Hall–Kier alpha value is -2.80. The molecule has 2 aromatic rings. The number of carbonyl (C=O) groups excluding carboxylic acids is 2. The Morgan fingerprint density at radius 2 is 1.21 bits per heavy atom. The molecule has 0 aromatic heterocycles. The summed E-state index contributed by atoms with van der Waals surface area (Å²) in [6, 6.07) is 7.75. The fourth-order valence-corrected chi connectivity index (χ4v) is 5.17. The van der Waals surface area contributed by atoms with Crippen LogP contribution in [0.15, 0.2) is 24.3 Å². The van der Waals surface area contributed by atoms with Crippen LogP contribution < -0.4 is 0 Å². The van der Waals surface area contributed by atoms with E-state index in [1.165, 1.54) is 49.0 Å². The number of nitrogens with zero attached hydrogens (tertiary/aromatic N) is 3. The molecule has 0 atom stereocenters. The molecule has 4 rings (SSSR count). The van der Waals surface area contributed by atoms with Crippen molar-refractivity contribution in [1.29, 1.82) is 10.5 Å². The number of ether oxygens (including phenoxy) is 2. The van der Waals surface area contributed by atoms with Crippen LogP contribution in [-0.4, -0.2) is 26.2 Å². The number of benzene rings is 2. The molecule has 0 saturated heterocycles. The van der Waals surface area contributed by atoms with Gasteiger partial charge in [0.25, 0.3) is 0 Å². The van der Waals surface area contributed by atoms with Crippen molar-refractivity contribution in [1.82, 2.24) is 0 Å². The van der Waals surface area contributed by atoms with Gasteiger partial charge < -0.3 is 33.1 Å². The molecule has 2 aliphatic carbocycles. The average Bonchev–Trinajstić information content (AvgIpc) is 2.86. The number of hydrogen-bond acceptors (Lipinski definition) is 6. The van der Waals surface area contributed by atoms with Gasteiger partial charge in [-0.25, -0.2) is 14.4 Å². The number of rotatable bonds is 4. The van der Waals surface area contributed by atoms with Gasteiger partial charge >= 0.3 is 31.4 Å². The van der Waals surface area contributed by atoms with Crippen LogP contribution >= 0.6 is 22.6 Å². The largest absolute Gasteiger partial charge is 2.00 e. The predicted molar refractivity (Wildman–Crippen MR) is 147 cm³/mol. The Morgan fingerprint density at radius 3 is 1.58 bits per heavy atom. The molecule has 2 aromatic carbocycles. The summed E-state index contributed by atoms with van der Waals surface area (Å²) >= 11 is 2.32. The quantitative estimate of drug-likeness (QED) is 0.144. The van der Waals surface area contributed by atoms with Crippen LogP contribution in [0.2, 0.25) is 0 Å². The fraction of sp³-hybridized carbons (Fsp3) is 0.414. The van der Waals surface area contributed by atoms with Crippen molar-refractivity contribution in [3.63, 3.8) is 0 Å². The maximum atomic E-state index is 11.5. The first-order valence-electron chi connectivity index (χ1n) is 11.7. The van der Waals surface area contributed by atoms with Crippen LogP contribution in [0.25, 0.3) is 4.85 Å². The van der Waals surface area contributed by atoms with Gasteiger partial charge in [0, 0.05) is 3.57 Å². The SMILES string of the molecule is COC(=O)c1cc(I)c(C2CCC2)cc1C.[C-]#N.[C-]#N.[C-]#[N+]c1cc(C(=O)OC)c(C)cc1C1CCC1.[Zn+2]. The maximum Gasteiger partial charge on any atom is 2.00 e. The summed E-state index contributed by atoms with van der Waals surface area (Å²) in [5.41, 5.74) is 6.20. The number of carbonyl (C=O) groups is 2. The number of halogens is 1. The van der Waals surface area contributed by atoms with Crippen LogP contribution in [0.5, 0.6) is 0 Å². The van der Waals surface area contributed by atoms with E-state index in [-0.39, 0.29) is 31.4 Å². The van der Waals surface area contributed by atoms with E-state index in [0.29, 0.717) is 28.7 Å². The second-order valence-corrected chi connectivity index (χ2v) is 9.93. The van der Waals surface area contributed by atoms with Gasteiger partial charge in [-0.3, -0.25) is 0 Å². The van der Waals surface area contributed by atoms with Crippen molar-refractivity contribution in [3.8, 4) is 0 Å². The molecule has 0 bridgehead atoms. The van der Waals surface area contributed by atoms with Crippen molar-refractivity contribution in [2.24, 2.45) is 0 Å². The van der Waals surface area contributed by atoms with E-state index < -0.39 is 0 Å². The fourth-order valence-electron chi connectivity index (χ4n) is 4.26. The van der Waals surface area contributed by atoms with Crippen molar-refractivity contribution in [2.75, 3.05) is 14.2 Å². The van der Waals surface area contributed by atoms with E-state index in [1.54, 1.807) is 6.07 Å². The molecule has 0 spiro atoms. The summed E-state index contributed by atoms with van der Waals surface area (Å²) in [4.78, 5) is 26.6. The molecule has 0 radical (unpaired) electrons. The van der Waals surface area contributed by atoms with Crippen LogP contribution in [0.4, 0.5) is 5.69 Å². The Bertz CT molecular complexity index is 1190. The third-order valence-corrected chi connectivity index (χ3v) is 7.67. The maximum absolute atomic E-state index is 11.5. The van der Waals surface area contributed by atoms with E-state index in [4.69, 9.17) is 39.7 Å². The van der Waals surface area contributed by atoms with Crippen molar-refractivity contribution in [3.05, 3.63) is 85.8 Å². The number of hydrogen-bond donors (Lipinski definition) is 0. The molecule has 2 saturated carbocycles. The molecule has 0 amide bonds. The van der Waals surface area contributed by atoms with Crippen molar-refractivity contribution in [2.45, 2.75) is 64.2 Å². The molecule has 194 valence electrons. The molecule has 7 nitrogen and oxygen atoms in total. The van der Waals surface area contributed by atoms with E-state index in [2.05, 4.69) is 33.5 Å². The van der Waals surface area contributed by atoms with Crippen LogP contribution in [0.1, 0.15) is 93.3 Å². The van der Waals surface area contributed by atoms with Gasteiger partial charge in [0.2, 0.25) is 0 Å². The minimum absolute atomic E-state index is 0. The molecule has 0 N–H and O–H groups in total.